The molecular formula is C20H21N3. The molecule has 1 aliphatic rings. The summed E-state index contributed by atoms with van der Waals surface area (Å²) < 4.78 is 0. The van der Waals surface area contributed by atoms with E-state index in [1.165, 1.54) is 22.4 Å². The molecule has 0 bridgehead atoms. The first-order valence-electron chi connectivity index (χ1n) is 8.29. The molecule has 3 heterocycles. The lowest BCUT2D eigenvalue weighted by Gasteiger charge is -2.28. The quantitative estimate of drug-likeness (QED) is 0.741. The Kier molecular flexibility index (Phi) is 3.80. The fraction of sp³-hybridized carbons (Fsp3) is 0.300. The fourth-order valence-corrected chi connectivity index (χ4v) is 3.31. The van der Waals surface area contributed by atoms with Crippen molar-refractivity contribution in [3.05, 3.63) is 71.0 Å². The molecular weight excluding hydrogens is 282 g/mol. The molecule has 1 aromatic carbocycles. The summed E-state index contributed by atoms with van der Waals surface area (Å²) >= 11 is 0. The number of fused-ring (bicyclic) bond motifs is 2. The maximum Gasteiger partial charge on any atom is 0.159 e. The normalized spacial score (nSPS) is 14.8. The highest BCUT2D eigenvalue weighted by Gasteiger charge is 2.18. The Morgan fingerprint density at radius 1 is 1.13 bits per heavy atom. The number of benzene rings is 1. The summed E-state index contributed by atoms with van der Waals surface area (Å²) in [5, 5.41) is 1.16. The van der Waals surface area contributed by atoms with Crippen molar-refractivity contribution in [1.29, 1.82) is 0 Å². The Morgan fingerprint density at radius 2 is 2.00 bits per heavy atom. The van der Waals surface area contributed by atoms with E-state index in [9.17, 15) is 0 Å². The Hall–Kier alpha value is -2.26. The van der Waals surface area contributed by atoms with E-state index >= 15 is 0 Å². The van der Waals surface area contributed by atoms with Gasteiger partial charge in [0.25, 0.3) is 0 Å². The Bertz CT molecular complexity index is 827. The first kappa shape index (κ1) is 14.3. The molecule has 2 aromatic heterocycles. The van der Waals surface area contributed by atoms with Crippen LogP contribution in [0.15, 0.2) is 48.7 Å². The highest BCUT2D eigenvalue weighted by molar-refractivity contribution is 5.76. The standard InChI is InChI=1S/C20H21N3/c1-15-11-17-12-18-14-23(9-7-16-5-3-2-4-6-16)10-8-19(18)22-20(17)21-13-15/h2-6,11-13H,7-10,14H2,1H3. The molecule has 0 spiro atoms. The van der Waals surface area contributed by atoms with Crippen LogP contribution in [0.3, 0.4) is 0 Å². The predicted octanol–water partition coefficient (Wildman–Crippen LogP) is 3.54. The Labute approximate surface area is 137 Å². The van der Waals surface area contributed by atoms with Gasteiger partial charge in [-0.1, -0.05) is 30.3 Å². The van der Waals surface area contributed by atoms with Gasteiger partial charge in [0.1, 0.15) is 0 Å². The number of aromatic nitrogens is 2. The monoisotopic (exact) mass is 303 g/mol. The highest BCUT2D eigenvalue weighted by atomic mass is 15.1. The van der Waals surface area contributed by atoms with Crippen molar-refractivity contribution in [3.8, 4) is 0 Å². The second-order valence-electron chi connectivity index (χ2n) is 6.42. The van der Waals surface area contributed by atoms with Crippen molar-refractivity contribution in [2.24, 2.45) is 0 Å². The SMILES string of the molecule is Cc1cnc2nc3c(cc2c1)CN(CCc1ccccc1)CC3. The second kappa shape index (κ2) is 6.09. The zero-order valence-electron chi connectivity index (χ0n) is 13.5. The lowest BCUT2D eigenvalue weighted by atomic mass is 10.0. The van der Waals surface area contributed by atoms with Crippen molar-refractivity contribution in [3.63, 3.8) is 0 Å². The van der Waals surface area contributed by atoms with Crippen molar-refractivity contribution in [2.75, 3.05) is 13.1 Å². The summed E-state index contributed by atoms with van der Waals surface area (Å²) in [4.78, 5) is 11.8. The number of pyridine rings is 2. The number of hydrogen-bond acceptors (Lipinski definition) is 3. The minimum absolute atomic E-state index is 0.882. The largest absolute Gasteiger partial charge is 0.298 e. The van der Waals surface area contributed by atoms with Gasteiger partial charge in [-0.05, 0) is 42.2 Å². The van der Waals surface area contributed by atoms with E-state index in [0.717, 1.165) is 43.5 Å². The van der Waals surface area contributed by atoms with Crippen LogP contribution in [0, 0.1) is 6.92 Å². The maximum atomic E-state index is 4.77. The van der Waals surface area contributed by atoms with Crippen LogP contribution in [0.5, 0.6) is 0 Å². The van der Waals surface area contributed by atoms with Crippen LogP contribution < -0.4 is 0 Å². The van der Waals surface area contributed by atoms with Gasteiger partial charge in [0.2, 0.25) is 0 Å². The van der Waals surface area contributed by atoms with E-state index in [1.807, 2.05) is 6.20 Å². The average molecular weight is 303 g/mol. The van der Waals surface area contributed by atoms with Crippen molar-refractivity contribution >= 4 is 11.0 Å². The van der Waals surface area contributed by atoms with E-state index in [2.05, 4.69) is 59.3 Å². The zero-order valence-corrected chi connectivity index (χ0v) is 13.5. The Morgan fingerprint density at radius 3 is 2.87 bits per heavy atom. The van der Waals surface area contributed by atoms with E-state index in [4.69, 9.17) is 4.98 Å². The van der Waals surface area contributed by atoms with Crippen LogP contribution >= 0.6 is 0 Å². The molecule has 0 aliphatic carbocycles. The summed E-state index contributed by atoms with van der Waals surface area (Å²) in [6.45, 7) is 5.27. The molecule has 0 amide bonds. The molecule has 0 atom stereocenters. The molecule has 3 nitrogen and oxygen atoms in total. The van der Waals surface area contributed by atoms with E-state index in [1.54, 1.807) is 0 Å². The van der Waals surface area contributed by atoms with Gasteiger partial charge in [0, 0.05) is 43.3 Å². The van der Waals surface area contributed by atoms with E-state index < -0.39 is 0 Å². The molecule has 23 heavy (non-hydrogen) atoms. The molecule has 0 saturated carbocycles. The first-order valence-corrected chi connectivity index (χ1v) is 8.29. The van der Waals surface area contributed by atoms with Crippen LogP contribution in [-0.4, -0.2) is 28.0 Å². The van der Waals surface area contributed by atoms with Gasteiger partial charge in [-0.15, -0.1) is 0 Å². The number of rotatable bonds is 3. The van der Waals surface area contributed by atoms with Crippen LogP contribution in [-0.2, 0) is 19.4 Å². The maximum absolute atomic E-state index is 4.77. The van der Waals surface area contributed by atoms with Gasteiger partial charge in [-0.2, -0.15) is 0 Å². The molecule has 1 aliphatic heterocycles. The third-order valence-electron chi connectivity index (χ3n) is 4.59. The molecule has 0 radical (unpaired) electrons. The topological polar surface area (TPSA) is 29.0 Å². The van der Waals surface area contributed by atoms with E-state index in [0.29, 0.717) is 0 Å². The Balaban J connectivity index is 1.52. The summed E-state index contributed by atoms with van der Waals surface area (Å²) in [7, 11) is 0. The summed E-state index contributed by atoms with van der Waals surface area (Å²) in [6.07, 6.45) is 4.03. The second-order valence-corrected chi connectivity index (χ2v) is 6.42. The molecule has 3 aromatic rings. The van der Waals surface area contributed by atoms with Crippen LogP contribution in [0.1, 0.15) is 22.4 Å². The lowest BCUT2D eigenvalue weighted by Crippen LogP contribution is -2.32. The van der Waals surface area contributed by atoms with E-state index in [-0.39, 0.29) is 0 Å². The molecule has 0 N–H and O–H groups in total. The van der Waals surface area contributed by atoms with Gasteiger partial charge in [-0.3, -0.25) is 4.90 Å². The van der Waals surface area contributed by atoms with Gasteiger partial charge in [0.15, 0.2) is 5.65 Å². The van der Waals surface area contributed by atoms with Crippen LogP contribution in [0.25, 0.3) is 11.0 Å². The smallest absolute Gasteiger partial charge is 0.159 e. The summed E-state index contributed by atoms with van der Waals surface area (Å²) in [5.74, 6) is 0. The number of nitrogens with zero attached hydrogens (tertiary/aromatic N) is 3. The average Bonchev–Trinajstić information content (AvgIpc) is 2.59. The predicted molar refractivity (Wildman–Crippen MR) is 93.4 cm³/mol. The van der Waals surface area contributed by atoms with Crippen molar-refractivity contribution in [1.82, 2.24) is 14.9 Å². The minimum atomic E-state index is 0.882. The third-order valence-corrected chi connectivity index (χ3v) is 4.59. The fourth-order valence-electron chi connectivity index (χ4n) is 3.31. The highest BCUT2D eigenvalue weighted by Crippen LogP contribution is 2.22. The molecule has 3 heteroatoms. The molecule has 116 valence electrons. The molecule has 4 rings (SSSR count). The lowest BCUT2D eigenvalue weighted by molar-refractivity contribution is 0.255. The number of hydrogen-bond donors (Lipinski definition) is 0. The molecule has 0 unspecified atom stereocenters. The molecule has 0 saturated heterocycles. The van der Waals surface area contributed by atoms with Gasteiger partial charge < -0.3 is 0 Å². The minimum Gasteiger partial charge on any atom is -0.298 e. The van der Waals surface area contributed by atoms with Crippen molar-refractivity contribution in [2.45, 2.75) is 26.3 Å². The van der Waals surface area contributed by atoms with Crippen LogP contribution in [0.2, 0.25) is 0 Å². The summed E-state index contributed by atoms with van der Waals surface area (Å²) in [5.41, 5.74) is 6.08. The molecule has 0 fully saturated rings. The van der Waals surface area contributed by atoms with Gasteiger partial charge in [0.05, 0.1) is 0 Å². The summed E-state index contributed by atoms with van der Waals surface area (Å²) in [6, 6.07) is 15.2. The van der Waals surface area contributed by atoms with Gasteiger partial charge >= 0.3 is 0 Å². The first-order chi connectivity index (χ1) is 11.3. The van der Waals surface area contributed by atoms with Crippen molar-refractivity contribution < 1.29 is 0 Å². The number of aryl methyl sites for hydroxylation is 1. The zero-order chi connectivity index (χ0) is 15.6. The van der Waals surface area contributed by atoms with Gasteiger partial charge in [-0.25, -0.2) is 9.97 Å². The van der Waals surface area contributed by atoms with Crippen LogP contribution in [0.4, 0.5) is 0 Å². The third kappa shape index (κ3) is 3.10.